The van der Waals surface area contributed by atoms with Gasteiger partial charge in [-0.25, -0.2) is 4.79 Å². The largest absolute Gasteiger partial charge is 0.478 e. The molecule has 0 spiro atoms. The van der Waals surface area contributed by atoms with Crippen molar-refractivity contribution < 1.29 is 14.7 Å². The number of aromatic nitrogens is 2. The molecule has 1 atom stereocenters. The molecule has 1 fully saturated rings. The van der Waals surface area contributed by atoms with E-state index in [1.165, 1.54) is 0 Å². The minimum Gasteiger partial charge on any atom is -0.478 e. The Morgan fingerprint density at radius 2 is 1.96 bits per heavy atom. The summed E-state index contributed by atoms with van der Waals surface area (Å²) in [6.07, 6.45) is 2.44. The first-order chi connectivity index (χ1) is 12.4. The van der Waals surface area contributed by atoms with Crippen molar-refractivity contribution in [2.75, 3.05) is 13.1 Å². The highest BCUT2D eigenvalue weighted by Crippen LogP contribution is 2.27. The molecule has 1 N–H and O–H groups in total. The lowest BCUT2D eigenvalue weighted by atomic mass is 9.90. The Morgan fingerprint density at radius 1 is 1.23 bits per heavy atom. The van der Waals surface area contributed by atoms with Gasteiger partial charge >= 0.3 is 5.97 Å². The van der Waals surface area contributed by atoms with Crippen LogP contribution in [0.1, 0.15) is 52.5 Å². The minimum absolute atomic E-state index is 0.157. The minimum atomic E-state index is -0.916. The van der Waals surface area contributed by atoms with Crippen molar-refractivity contribution in [3.8, 4) is 0 Å². The van der Waals surface area contributed by atoms with E-state index in [9.17, 15) is 9.59 Å². The maximum atomic E-state index is 12.6. The fourth-order valence-corrected chi connectivity index (χ4v) is 3.63. The number of aromatic carboxylic acids is 1. The van der Waals surface area contributed by atoms with Gasteiger partial charge < -0.3 is 10.0 Å². The molecule has 1 aliphatic rings. The van der Waals surface area contributed by atoms with Gasteiger partial charge in [-0.3, -0.25) is 9.48 Å². The summed E-state index contributed by atoms with van der Waals surface area (Å²) in [5.41, 5.74) is 3.44. The highest BCUT2D eigenvalue weighted by Gasteiger charge is 2.24. The second-order valence-corrected chi connectivity index (χ2v) is 7.01. The van der Waals surface area contributed by atoms with Gasteiger partial charge in [0.25, 0.3) is 0 Å². The van der Waals surface area contributed by atoms with Crippen molar-refractivity contribution >= 4 is 11.9 Å². The second-order valence-electron chi connectivity index (χ2n) is 7.01. The Morgan fingerprint density at radius 3 is 2.58 bits per heavy atom. The van der Waals surface area contributed by atoms with Crippen LogP contribution in [0.15, 0.2) is 30.3 Å². The lowest BCUT2D eigenvalue weighted by Crippen LogP contribution is -2.39. The molecule has 0 saturated carbocycles. The number of hydrogen-bond donors (Lipinski definition) is 1. The maximum absolute atomic E-state index is 12.6. The zero-order valence-corrected chi connectivity index (χ0v) is 15.3. The van der Waals surface area contributed by atoms with Gasteiger partial charge in [0.05, 0.1) is 11.3 Å². The van der Waals surface area contributed by atoms with E-state index >= 15 is 0 Å². The second kappa shape index (κ2) is 7.72. The van der Waals surface area contributed by atoms with Crippen LogP contribution in [0.25, 0.3) is 0 Å². The van der Waals surface area contributed by atoms with Crippen molar-refractivity contribution in [3.05, 3.63) is 52.8 Å². The molecule has 0 aliphatic carbocycles. The molecule has 1 aliphatic heterocycles. The molecule has 2 heterocycles. The van der Waals surface area contributed by atoms with Gasteiger partial charge in [-0.1, -0.05) is 12.1 Å². The summed E-state index contributed by atoms with van der Waals surface area (Å²) >= 11 is 0. The van der Waals surface area contributed by atoms with Gasteiger partial charge in [-0.2, -0.15) is 5.10 Å². The molecule has 1 unspecified atom stereocenters. The predicted octanol–water partition coefficient (Wildman–Crippen LogP) is 2.99. The van der Waals surface area contributed by atoms with Gasteiger partial charge in [0, 0.05) is 37.7 Å². The number of rotatable bonds is 5. The average Bonchev–Trinajstić information content (AvgIpc) is 2.97. The van der Waals surface area contributed by atoms with Crippen LogP contribution >= 0.6 is 0 Å². The zero-order valence-electron chi connectivity index (χ0n) is 15.3. The molecular weight excluding hydrogens is 330 g/mol. The van der Waals surface area contributed by atoms with Crippen molar-refractivity contribution in [1.29, 1.82) is 0 Å². The molecule has 26 heavy (non-hydrogen) atoms. The number of benzene rings is 1. The number of carboxylic acid groups (broad SMARTS) is 1. The summed E-state index contributed by atoms with van der Waals surface area (Å²) in [5.74, 6) is -0.491. The van der Waals surface area contributed by atoms with Crippen LogP contribution in [0.2, 0.25) is 0 Å². The predicted molar refractivity (Wildman–Crippen MR) is 98.3 cm³/mol. The highest BCUT2D eigenvalue weighted by atomic mass is 16.4. The maximum Gasteiger partial charge on any atom is 0.335 e. The number of carboxylic acids is 1. The summed E-state index contributed by atoms with van der Waals surface area (Å²) in [6, 6.07) is 9.04. The van der Waals surface area contributed by atoms with E-state index in [1.807, 2.05) is 41.6 Å². The number of likely N-dealkylation sites (tertiary alicyclic amines) is 1. The van der Waals surface area contributed by atoms with Gasteiger partial charge in [0.1, 0.15) is 0 Å². The Bertz CT molecular complexity index is 795. The van der Waals surface area contributed by atoms with Crippen LogP contribution in [0.3, 0.4) is 0 Å². The third kappa shape index (κ3) is 4.12. The molecule has 0 radical (unpaired) electrons. The Labute approximate surface area is 153 Å². The molecule has 6 nitrogen and oxygen atoms in total. The first-order valence-electron chi connectivity index (χ1n) is 9.06. The summed E-state index contributed by atoms with van der Waals surface area (Å²) < 4.78 is 1.89. The Balaban J connectivity index is 1.59. The number of nitrogens with zero attached hydrogens (tertiary/aromatic N) is 3. The lowest BCUT2D eigenvalue weighted by molar-refractivity contribution is -0.132. The Hall–Kier alpha value is -2.63. The molecule has 0 bridgehead atoms. The van der Waals surface area contributed by atoms with Crippen LogP contribution in [-0.4, -0.2) is 44.8 Å². The molecule has 138 valence electrons. The van der Waals surface area contributed by atoms with E-state index in [0.717, 1.165) is 36.3 Å². The topological polar surface area (TPSA) is 75.4 Å². The molecule has 1 aromatic heterocycles. The number of hydrogen-bond acceptors (Lipinski definition) is 3. The van der Waals surface area contributed by atoms with E-state index in [1.54, 1.807) is 12.1 Å². The molecule has 2 aromatic rings. The number of amides is 1. The first-order valence-corrected chi connectivity index (χ1v) is 9.06. The molecule has 1 amide bonds. The van der Waals surface area contributed by atoms with E-state index in [0.29, 0.717) is 25.1 Å². The van der Waals surface area contributed by atoms with Gasteiger partial charge in [-0.05, 0) is 50.5 Å². The van der Waals surface area contributed by atoms with Crippen molar-refractivity contribution in [3.63, 3.8) is 0 Å². The number of carbonyl (C=O) groups excluding carboxylic acids is 1. The fourth-order valence-electron chi connectivity index (χ4n) is 3.63. The van der Waals surface area contributed by atoms with Gasteiger partial charge in [0.15, 0.2) is 0 Å². The van der Waals surface area contributed by atoms with Crippen LogP contribution in [0.5, 0.6) is 0 Å². The van der Waals surface area contributed by atoms with Crippen LogP contribution in [0, 0.1) is 13.8 Å². The van der Waals surface area contributed by atoms with E-state index in [-0.39, 0.29) is 11.8 Å². The molecular formula is C20H25N3O3. The van der Waals surface area contributed by atoms with Crippen molar-refractivity contribution in [2.24, 2.45) is 0 Å². The average molecular weight is 355 g/mol. The Kier molecular flexibility index (Phi) is 5.40. The fraction of sp³-hybridized carbons (Fsp3) is 0.450. The molecule has 1 saturated heterocycles. The number of piperidine rings is 1. The summed E-state index contributed by atoms with van der Waals surface area (Å²) in [7, 11) is 0. The monoisotopic (exact) mass is 355 g/mol. The zero-order chi connectivity index (χ0) is 18.7. The number of aryl methyl sites for hydroxylation is 3. The quantitative estimate of drug-likeness (QED) is 0.895. The van der Waals surface area contributed by atoms with Crippen LogP contribution in [-0.2, 0) is 11.3 Å². The standard InChI is InChI=1S/C20H25N3O3/c1-14-12-15(2)23(21-14)11-9-19(24)22-10-3-4-18(13-22)16-5-7-17(8-6-16)20(25)26/h5-8,12,18H,3-4,9-11,13H2,1-2H3,(H,25,26). The SMILES string of the molecule is Cc1cc(C)n(CCC(=O)N2CCCC(c3ccc(C(=O)O)cc3)C2)n1. The molecule has 1 aromatic carbocycles. The van der Waals surface area contributed by atoms with Crippen LogP contribution < -0.4 is 0 Å². The molecule has 6 heteroatoms. The third-order valence-corrected chi connectivity index (χ3v) is 5.04. The molecule has 3 rings (SSSR count). The smallest absolute Gasteiger partial charge is 0.335 e. The summed E-state index contributed by atoms with van der Waals surface area (Å²) in [5, 5.41) is 13.4. The van der Waals surface area contributed by atoms with Gasteiger partial charge in [0.2, 0.25) is 5.91 Å². The summed E-state index contributed by atoms with van der Waals surface area (Å²) in [4.78, 5) is 25.5. The van der Waals surface area contributed by atoms with Gasteiger partial charge in [-0.15, -0.1) is 0 Å². The number of carbonyl (C=O) groups is 2. The van der Waals surface area contributed by atoms with Crippen molar-refractivity contribution in [1.82, 2.24) is 14.7 Å². The summed E-state index contributed by atoms with van der Waals surface area (Å²) in [6.45, 7) is 6.05. The lowest BCUT2D eigenvalue weighted by Gasteiger charge is -2.33. The first kappa shape index (κ1) is 18.2. The van der Waals surface area contributed by atoms with Crippen molar-refractivity contribution in [2.45, 2.75) is 45.6 Å². The van der Waals surface area contributed by atoms with E-state index in [2.05, 4.69) is 5.10 Å². The highest BCUT2D eigenvalue weighted by molar-refractivity contribution is 5.87. The van der Waals surface area contributed by atoms with E-state index in [4.69, 9.17) is 5.11 Å². The third-order valence-electron chi connectivity index (χ3n) is 5.04. The van der Waals surface area contributed by atoms with Crippen LogP contribution in [0.4, 0.5) is 0 Å². The van der Waals surface area contributed by atoms with E-state index < -0.39 is 5.97 Å². The normalized spacial score (nSPS) is 17.3.